The van der Waals surface area contributed by atoms with E-state index in [0.717, 1.165) is 6.07 Å². The van der Waals surface area contributed by atoms with Gasteiger partial charge in [0, 0.05) is 12.5 Å². The molecule has 2 saturated heterocycles. The van der Waals surface area contributed by atoms with Gasteiger partial charge in [0.1, 0.15) is 35.0 Å². The Kier molecular flexibility index (Phi) is 12.0. The van der Waals surface area contributed by atoms with Crippen molar-refractivity contribution >= 4 is 45.6 Å². The van der Waals surface area contributed by atoms with E-state index < -0.39 is 93.3 Å². The lowest BCUT2D eigenvalue weighted by molar-refractivity contribution is -0.384. The van der Waals surface area contributed by atoms with Crippen LogP contribution in [0, 0.1) is 16.0 Å². The van der Waals surface area contributed by atoms with E-state index in [0.29, 0.717) is 6.42 Å². The molecule has 258 valence electrons. The van der Waals surface area contributed by atoms with Crippen molar-refractivity contribution in [1.29, 1.82) is 0 Å². The number of hydrogen-bond donors (Lipinski definition) is 2. The number of hydrogen-bond acceptors (Lipinski definition) is 13. The quantitative estimate of drug-likeness (QED) is 0.173. The van der Waals surface area contributed by atoms with Crippen LogP contribution in [0.25, 0.3) is 0 Å². The number of nitrogens with one attached hydrogen (secondary N) is 2. The smallest absolute Gasteiger partial charge is 0.408 e. The minimum atomic E-state index is -4.67. The molecule has 2 aliphatic rings. The monoisotopic (exact) mass is 693 g/mol. The topological polar surface area (TPSA) is 208 Å². The average molecular weight is 694 g/mol. The van der Waals surface area contributed by atoms with Gasteiger partial charge in [-0.1, -0.05) is 31.9 Å². The summed E-state index contributed by atoms with van der Waals surface area (Å²) < 4.78 is 60.7. The summed E-state index contributed by atoms with van der Waals surface area (Å²) in [6.07, 6.45) is -3.44. The number of amides is 2. The molecule has 0 spiro atoms. The Balaban J connectivity index is 1.60. The van der Waals surface area contributed by atoms with Gasteiger partial charge in [-0.2, -0.15) is 8.42 Å². The molecule has 1 aromatic rings. The van der Waals surface area contributed by atoms with Crippen LogP contribution in [0.2, 0.25) is 5.02 Å². The van der Waals surface area contributed by atoms with Crippen molar-refractivity contribution in [3.63, 3.8) is 0 Å². The number of ether oxygens (including phenoxy) is 5. The molecule has 0 bridgehead atoms. The Labute approximate surface area is 272 Å². The lowest BCUT2D eigenvalue weighted by atomic mass is 9.99. The van der Waals surface area contributed by atoms with Crippen LogP contribution in [-0.4, -0.2) is 86.4 Å². The lowest BCUT2D eigenvalue weighted by Gasteiger charge is -2.26. The van der Waals surface area contributed by atoms with Crippen molar-refractivity contribution < 1.29 is 55.6 Å². The highest BCUT2D eigenvalue weighted by Gasteiger charge is 2.55. The molecule has 46 heavy (non-hydrogen) atoms. The first-order valence-electron chi connectivity index (χ1n) is 14.5. The van der Waals surface area contributed by atoms with E-state index in [9.17, 15) is 32.9 Å². The first-order chi connectivity index (χ1) is 21.2. The Hall–Kier alpha value is -3.09. The maximum atomic E-state index is 12.9. The van der Waals surface area contributed by atoms with Gasteiger partial charge in [0.15, 0.2) is 5.79 Å². The number of rotatable bonds is 13. The molecule has 2 N–H and O–H groups in total. The predicted octanol–water partition coefficient (Wildman–Crippen LogP) is 3.40. The van der Waals surface area contributed by atoms with Crippen molar-refractivity contribution in [2.24, 2.45) is 5.92 Å². The van der Waals surface area contributed by atoms with Crippen LogP contribution >= 0.6 is 11.6 Å². The van der Waals surface area contributed by atoms with Crippen LogP contribution in [-0.2, 0) is 43.0 Å². The minimum Gasteiger partial charge on any atom is -0.462 e. The molecular formula is C28H40ClN3O13S. The van der Waals surface area contributed by atoms with E-state index in [-0.39, 0.29) is 23.6 Å². The largest absolute Gasteiger partial charge is 0.462 e. The normalized spacial score (nSPS) is 23.6. The maximum absolute atomic E-state index is 12.9. The van der Waals surface area contributed by atoms with Crippen molar-refractivity contribution in [1.82, 2.24) is 10.0 Å². The van der Waals surface area contributed by atoms with Crippen LogP contribution in [0.3, 0.4) is 0 Å². The molecule has 2 aliphatic heterocycles. The molecule has 6 unspecified atom stereocenters. The summed E-state index contributed by atoms with van der Waals surface area (Å²) >= 11 is 5.80. The average Bonchev–Trinajstić information content (AvgIpc) is 3.41. The molecule has 18 heteroatoms. The number of esters is 1. The molecule has 2 amide bonds. The summed E-state index contributed by atoms with van der Waals surface area (Å²) in [6.45, 7) is 11.0. The van der Waals surface area contributed by atoms with Gasteiger partial charge in [-0.25, -0.2) is 14.3 Å². The third-order valence-electron chi connectivity index (χ3n) is 7.04. The third kappa shape index (κ3) is 10.2. The Morgan fingerprint density at radius 1 is 1.15 bits per heavy atom. The second kappa shape index (κ2) is 14.8. The first-order valence-corrected chi connectivity index (χ1v) is 16.3. The Bertz CT molecular complexity index is 1420. The third-order valence-corrected chi connectivity index (χ3v) is 8.26. The molecular weight excluding hydrogens is 654 g/mol. The molecule has 2 fully saturated rings. The minimum absolute atomic E-state index is 0.0710. The van der Waals surface area contributed by atoms with Gasteiger partial charge in [0.05, 0.1) is 29.8 Å². The van der Waals surface area contributed by atoms with Gasteiger partial charge in [0.25, 0.3) is 11.6 Å². The standard InChI is InChI=1S/C28H40ClN3O13S/c1-8-15(2)21(30-26(35)45-27(3,4)5)24(33)31-46(38,39)41-14-20-23-22(43-28(6,7)44-23)19(42-20)11-12-40-25(34)16-9-10-17(29)18(13-16)32(36)37/h9-10,13,15,19-23H,8,11-12,14H2,1-7H3,(H,30,35)(H,31,33). The lowest BCUT2D eigenvalue weighted by Crippen LogP contribution is -2.52. The summed E-state index contributed by atoms with van der Waals surface area (Å²) in [4.78, 5) is 48.1. The number of nitro groups is 1. The van der Waals surface area contributed by atoms with Crippen LogP contribution < -0.4 is 10.0 Å². The molecule has 2 heterocycles. The fraction of sp³-hybridized carbons (Fsp3) is 0.679. The summed E-state index contributed by atoms with van der Waals surface area (Å²) in [7, 11) is -4.67. The molecule has 0 aromatic heterocycles. The number of halogens is 1. The van der Waals surface area contributed by atoms with Crippen molar-refractivity contribution in [2.45, 2.75) is 103 Å². The first kappa shape index (κ1) is 37.4. The van der Waals surface area contributed by atoms with Gasteiger partial charge in [0.2, 0.25) is 0 Å². The van der Waals surface area contributed by atoms with Gasteiger partial charge < -0.3 is 29.0 Å². The van der Waals surface area contributed by atoms with Crippen molar-refractivity contribution in [3.8, 4) is 0 Å². The summed E-state index contributed by atoms with van der Waals surface area (Å²) in [5.41, 5.74) is -1.35. The highest BCUT2D eigenvalue weighted by atomic mass is 35.5. The highest BCUT2D eigenvalue weighted by molar-refractivity contribution is 7.85. The number of fused-ring (bicyclic) bond motifs is 1. The molecule has 0 saturated carbocycles. The van der Waals surface area contributed by atoms with Crippen molar-refractivity contribution in [2.75, 3.05) is 13.2 Å². The number of alkyl carbamates (subject to hydrolysis) is 1. The predicted molar refractivity (Wildman–Crippen MR) is 161 cm³/mol. The zero-order chi connectivity index (χ0) is 34.6. The number of carbonyl (C=O) groups excluding carboxylic acids is 3. The van der Waals surface area contributed by atoms with Gasteiger partial charge in [-0.3, -0.25) is 19.1 Å². The van der Waals surface area contributed by atoms with E-state index in [1.807, 2.05) is 4.72 Å². The van der Waals surface area contributed by atoms with Gasteiger partial charge in [-0.05, 0) is 52.7 Å². The number of nitro benzene ring substituents is 1. The maximum Gasteiger partial charge on any atom is 0.408 e. The van der Waals surface area contributed by atoms with Gasteiger partial charge >= 0.3 is 22.4 Å². The van der Waals surface area contributed by atoms with Gasteiger partial charge in [-0.15, -0.1) is 0 Å². The number of carbonyl (C=O) groups is 3. The highest BCUT2D eigenvalue weighted by Crippen LogP contribution is 2.40. The van der Waals surface area contributed by atoms with E-state index >= 15 is 0 Å². The summed E-state index contributed by atoms with van der Waals surface area (Å²) in [5.74, 6) is -3.33. The molecule has 0 aliphatic carbocycles. The number of benzene rings is 1. The van der Waals surface area contributed by atoms with Crippen LogP contribution in [0.15, 0.2) is 18.2 Å². The number of nitrogens with zero attached hydrogens (tertiary/aromatic N) is 1. The van der Waals surface area contributed by atoms with Crippen LogP contribution in [0.4, 0.5) is 10.5 Å². The molecule has 1 aromatic carbocycles. The zero-order valence-electron chi connectivity index (χ0n) is 26.6. The molecule has 16 nitrogen and oxygen atoms in total. The zero-order valence-corrected chi connectivity index (χ0v) is 28.1. The van der Waals surface area contributed by atoms with E-state index in [2.05, 4.69) is 5.32 Å². The second-order valence-corrected chi connectivity index (χ2v) is 14.1. The van der Waals surface area contributed by atoms with E-state index in [1.54, 1.807) is 48.5 Å². The van der Waals surface area contributed by atoms with Crippen molar-refractivity contribution in [3.05, 3.63) is 38.9 Å². The Morgan fingerprint density at radius 3 is 2.37 bits per heavy atom. The molecule has 0 radical (unpaired) electrons. The fourth-order valence-corrected chi connectivity index (χ4v) is 5.71. The molecule has 6 atom stereocenters. The van der Waals surface area contributed by atoms with E-state index in [4.69, 9.17) is 39.5 Å². The Morgan fingerprint density at radius 2 is 1.78 bits per heavy atom. The SMILES string of the molecule is CCC(C)C(NC(=O)OC(C)(C)C)C(=O)NS(=O)(=O)OCC1OC(CCOC(=O)c2ccc(Cl)c([N+](=O)[O-])c2)C2OC(C)(C)OC12. The van der Waals surface area contributed by atoms with Crippen LogP contribution in [0.5, 0.6) is 0 Å². The molecule has 3 rings (SSSR count). The van der Waals surface area contributed by atoms with E-state index in [1.165, 1.54) is 12.1 Å². The van der Waals surface area contributed by atoms with Crippen LogP contribution in [0.1, 0.15) is 71.7 Å². The summed E-state index contributed by atoms with van der Waals surface area (Å²) in [5, 5.41) is 13.4. The second-order valence-electron chi connectivity index (χ2n) is 12.3. The summed E-state index contributed by atoms with van der Waals surface area (Å²) in [6, 6.07) is 2.29. The fourth-order valence-electron chi connectivity index (χ4n) is 4.78.